The third-order valence-corrected chi connectivity index (χ3v) is 2.40. The van der Waals surface area contributed by atoms with E-state index >= 15 is 0 Å². The Hall–Kier alpha value is -1.74. The van der Waals surface area contributed by atoms with Gasteiger partial charge in [-0.15, -0.1) is 4.91 Å². The van der Waals surface area contributed by atoms with Gasteiger partial charge in [0.05, 0.1) is 0 Å². The van der Waals surface area contributed by atoms with Crippen LogP contribution in [0, 0.1) is 4.91 Å². The average molecular weight is 290 g/mol. The molecule has 20 heavy (non-hydrogen) atoms. The molecule has 0 aromatic carbocycles. The van der Waals surface area contributed by atoms with Crippen molar-refractivity contribution < 1.29 is 19.1 Å². The molecule has 0 saturated carbocycles. The van der Waals surface area contributed by atoms with Gasteiger partial charge in [0.1, 0.15) is 12.8 Å². The van der Waals surface area contributed by atoms with Crippen LogP contribution < -0.4 is 16.4 Å². The SMILES string of the molecule is CNC(=O)OCN[C@@H](CCCCN)C(=O)OC(C)N=O. The molecule has 9 heteroatoms. The van der Waals surface area contributed by atoms with E-state index in [-0.39, 0.29) is 6.73 Å². The van der Waals surface area contributed by atoms with Crippen LogP contribution in [-0.2, 0) is 14.3 Å². The summed E-state index contributed by atoms with van der Waals surface area (Å²) in [4.78, 5) is 32.9. The van der Waals surface area contributed by atoms with Gasteiger partial charge in [0.25, 0.3) is 0 Å². The molecule has 1 amide bonds. The molecule has 0 aliphatic heterocycles. The summed E-state index contributed by atoms with van der Waals surface area (Å²) in [6, 6.07) is -0.685. The summed E-state index contributed by atoms with van der Waals surface area (Å²) in [5.41, 5.74) is 5.38. The van der Waals surface area contributed by atoms with Crippen molar-refractivity contribution in [3.63, 3.8) is 0 Å². The Morgan fingerprint density at radius 1 is 1.35 bits per heavy atom. The van der Waals surface area contributed by atoms with Crippen LogP contribution in [0.5, 0.6) is 0 Å². The number of unbranched alkanes of at least 4 members (excludes halogenated alkanes) is 1. The molecule has 0 bridgehead atoms. The lowest BCUT2D eigenvalue weighted by Gasteiger charge is -2.18. The first-order valence-corrected chi connectivity index (χ1v) is 6.36. The zero-order valence-corrected chi connectivity index (χ0v) is 11.8. The van der Waals surface area contributed by atoms with Gasteiger partial charge in [0.2, 0.25) is 6.23 Å². The van der Waals surface area contributed by atoms with Crippen molar-refractivity contribution in [3.05, 3.63) is 4.91 Å². The predicted octanol–water partition coefficient (Wildman–Crippen LogP) is 0.0427. The standard InChI is InChI=1S/C11H22N4O5/c1-8(15-18)20-10(16)9(5-3-4-6-12)14-7-19-11(17)13-2/h8-9,14H,3-7,12H2,1-2H3,(H,13,17)/t8?,9-/m0/s1. The Bertz CT molecular complexity index is 313. The monoisotopic (exact) mass is 290 g/mol. The number of carbonyl (C=O) groups excluding carboxylic acids is 2. The van der Waals surface area contributed by atoms with Gasteiger partial charge in [-0.2, -0.15) is 0 Å². The van der Waals surface area contributed by atoms with E-state index in [2.05, 4.69) is 15.8 Å². The van der Waals surface area contributed by atoms with E-state index < -0.39 is 24.3 Å². The Morgan fingerprint density at radius 2 is 2.05 bits per heavy atom. The van der Waals surface area contributed by atoms with Gasteiger partial charge in [-0.1, -0.05) is 6.42 Å². The summed E-state index contributed by atoms with van der Waals surface area (Å²) in [7, 11) is 1.42. The van der Waals surface area contributed by atoms with Gasteiger partial charge in [-0.25, -0.2) is 4.79 Å². The van der Waals surface area contributed by atoms with E-state index in [1.807, 2.05) is 0 Å². The number of carbonyl (C=O) groups is 2. The van der Waals surface area contributed by atoms with E-state index in [1.165, 1.54) is 14.0 Å². The summed E-state index contributed by atoms with van der Waals surface area (Å²) < 4.78 is 9.54. The quantitative estimate of drug-likeness (QED) is 0.224. The largest absolute Gasteiger partial charge is 0.435 e. The van der Waals surface area contributed by atoms with Gasteiger partial charge in [-0.05, 0) is 31.5 Å². The highest BCUT2D eigenvalue weighted by Gasteiger charge is 2.21. The highest BCUT2D eigenvalue weighted by molar-refractivity contribution is 5.76. The molecule has 0 aliphatic carbocycles. The molecule has 0 heterocycles. The number of alkyl carbamates (subject to hydrolysis) is 1. The Labute approximate surface area is 117 Å². The fourth-order valence-electron chi connectivity index (χ4n) is 1.35. The normalized spacial score (nSPS) is 13.2. The van der Waals surface area contributed by atoms with Gasteiger partial charge in [0, 0.05) is 7.05 Å². The Kier molecular flexibility index (Phi) is 10.2. The minimum Gasteiger partial charge on any atom is -0.435 e. The van der Waals surface area contributed by atoms with Gasteiger partial charge in [0.15, 0.2) is 0 Å². The van der Waals surface area contributed by atoms with Crippen LogP contribution in [0.25, 0.3) is 0 Å². The second kappa shape index (κ2) is 11.1. The summed E-state index contributed by atoms with van der Waals surface area (Å²) in [6.45, 7) is 1.73. The highest BCUT2D eigenvalue weighted by atomic mass is 16.6. The molecule has 1 unspecified atom stereocenters. The second-order valence-corrected chi connectivity index (χ2v) is 4.01. The number of amides is 1. The number of hydrogen-bond donors (Lipinski definition) is 3. The van der Waals surface area contributed by atoms with Crippen LogP contribution >= 0.6 is 0 Å². The van der Waals surface area contributed by atoms with Gasteiger partial charge in [-0.3, -0.25) is 10.1 Å². The number of nitrogens with zero attached hydrogens (tertiary/aromatic N) is 1. The molecular weight excluding hydrogens is 268 g/mol. The summed E-state index contributed by atoms with van der Waals surface area (Å²) >= 11 is 0. The minimum absolute atomic E-state index is 0.148. The third-order valence-electron chi connectivity index (χ3n) is 2.40. The molecule has 0 aliphatic rings. The lowest BCUT2D eigenvalue weighted by molar-refractivity contribution is -0.151. The van der Waals surface area contributed by atoms with Crippen LogP contribution in [0.15, 0.2) is 5.18 Å². The van der Waals surface area contributed by atoms with E-state index in [1.54, 1.807) is 0 Å². The van der Waals surface area contributed by atoms with Crippen molar-refractivity contribution in [2.45, 2.75) is 38.5 Å². The number of nitrogens with one attached hydrogen (secondary N) is 2. The van der Waals surface area contributed by atoms with Crippen LogP contribution in [0.3, 0.4) is 0 Å². The van der Waals surface area contributed by atoms with Gasteiger partial charge < -0.3 is 20.5 Å². The number of hydrogen-bond acceptors (Lipinski definition) is 8. The molecule has 4 N–H and O–H groups in total. The molecule has 9 nitrogen and oxygen atoms in total. The number of nitrogens with two attached hydrogens (primary N) is 1. The highest BCUT2D eigenvalue weighted by Crippen LogP contribution is 2.05. The zero-order chi connectivity index (χ0) is 15.4. The van der Waals surface area contributed by atoms with Crippen molar-refractivity contribution in [1.82, 2.24) is 10.6 Å². The topological polar surface area (TPSA) is 132 Å². The molecule has 116 valence electrons. The van der Waals surface area contributed by atoms with Gasteiger partial charge >= 0.3 is 12.1 Å². The van der Waals surface area contributed by atoms with E-state index in [0.29, 0.717) is 19.4 Å². The molecule has 0 rings (SSSR count). The fraction of sp³-hybridized carbons (Fsp3) is 0.818. The van der Waals surface area contributed by atoms with Crippen LogP contribution in [0.1, 0.15) is 26.2 Å². The van der Waals surface area contributed by atoms with Crippen molar-refractivity contribution in [3.8, 4) is 0 Å². The number of esters is 1. The second-order valence-electron chi connectivity index (χ2n) is 4.01. The summed E-state index contributed by atoms with van der Waals surface area (Å²) in [6.07, 6.45) is 0.240. The average Bonchev–Trinajstić information content (AvgIpc) is 2.45. The summed E-state index contributed by atoms with van der Waals surface area (Å²) in [5, 5.41) is 7.60. The Balaban J connectivity index is 4.27. The maximum absolute atomic E-state index is 11.8. The molecule has 0 saturated heterocycles. The Morgan fingerprint density at radius 3 is 2.60 bits per heavy atom. The van der Waals surface area contributed by atoms with E-state index in [0.717, 1.165) is 6.42 Å². The van der Waals surface area contributed by atoms with Crippen molar-refractivity contribution in [2.24, 2.45) is 10.9 Å². The van der Waals surface area contributed by atoms with Crippen molar-refractivity contribution in [1.29, 1.82) is 0 Å². The third kappa shape index (κ3) is 8.38. The van der Waals surface area contributed by atoms with E-state index in [9.17, 15) is 14.5 Å². The maximum Gasteiger partial charge on any atom is 0.408 e. The summed E-state index contributed by atoms with van der Waals surface area (Å²) in [5.74, 6) is -0.616. The maximum atomic E-state index is 11.8. The fourth-order valence-corrected chi connectivity index (χ4v) is 1.35. The molecule has 0 fully saturated rings. The predicted molar refractivity (Wildman–Crippen MR) is 71.6 cm³/mol. The van der Waals surface area contributed by atoms with E-state index in [4.69, 9.17) is 15.2 Å². The van der Waals surface area contributed by atoms with Crippen LogP contribution in [0.4, 0.5) is 4.79 Å². The first-order valence-electron chi connectivity index (χ1n) is 6.36. The zero-order valence-electron chi connectivity index (χ0n) is 11.8. The first kappa shape index (κ1) is 18.3. The van der Waals surface area contributed by atoms with Crippen molar-refractivity contribution in [2.75, 3.05) is 20.3 Å². The molecule has 0 radical (unpaired) electrons. The number of rotatable bonds is 10. The number of nitroso groups, excluding NO2 is 1. The molecule has 2 atom stereocenters. The lowest BCUT2D eigenvalue weighted by Crippen LogP contribution is -2.41. The molecule has 0 aromatic heterocycles. The molecular formula is C11H22N4O5. The van der Waals surface area contributed by atoms with Crippen LogP contribution in [0.2, 0.25) is 0 Å². The number of ether oxygens (including phenoxy) is 2. The van der Waals surface area contributed by atoms with Crippen LogP contribution in [-0.4, -0.2) is 44.7 Å². The molecule has 0 aromatic rings. The first-order chi connectivity index (χ1) is 9.54. The van der Waals surface area contributed by atoms with Crippen molar-refractivity contribution >= 4 is 12.1 Å². The molecule has 0 spiro atoms. The minimum atomic E-state index is -1.05. The smallest absolute Gasteiger partial charge is 0.408 e. The lowest BCUT2D eigenvalue weighted by atomic mass is 10.1.